The van der Waals surface area contributed by atoms with Crippen LogP contribution in [0.2, 0.25) is 0 Å². The Balaban J connectivity index is 2.11. The molecule has 0 saturated carbocycles. The third-order valence-electron chi connectivity index (χ3n) is 2.61. The zero-order valence-corrected chi connectivity index (χ0v) is 13.9. The van der Waals surface area contributed by atoms with Gasteiger partial charge in [0.05, 0.1) is 4.47 Å². The molecular formula is C16H12Br2O2. The van der Waals surface area contributed by atoms with Crippen LogP contribution in [0.25, 0.3) is 6.08 Å². The van der Waals surface area contributed by atoms with E-state index in [4.69, 9.17) is 4.74 Å². The van der Waals surface area contributed by atoms with Gasteiger partial charge >= 0.3 is 5.97 Å². The van der Waals surface area contributed by atoms with Crippen LogP contribution in [0.1, 0.15) is 11.1 Å². The number of carbonyl (C=O) groups excluding carboxylic acids is 1. The Bertz CT molecular complexity index is 626. The van der Waals surface area contributed by atoms with Crippen molar-refractivity contribution in [1.82, 2.24) is 0 Å². The molecule has 2 aromatic rings. The van der Waals surface area contributed by atoms with Crippen LogP contribution in [-0.2, 0) is 4.79 Å². The zero-order valence-electron chi connectivity index (χ0n) is 10.8. The summed E-state index contributed by atoms with van der Waals surface area (Å²) in [7, 11) is 0. The number of aryl methyl sites for hydroxylation is 1. The highest BCUT2D eigenvalue weighted by atomic mass is 79.9. The number of benzene rings is 2. The normalized spacial score (nSPS) is 10.8. The highest BCUT2D eigenvalue weighted by molar-refractivity contribution is 9.11. The fourth-order valence-electron chi connectivity index (χ4n) is 1.68. The SMILES string of the molecule is Cc1cc(Br)cc(Br)c1OC(=O)/C=C/c1ccccc1. The molecule has 0 saturated heterocycles. The summed E-state index contributed by atoms with van der Waals surface area (Å²) in [6.07, 6.45) is 3.15. The largest absolute Gasteiger partial charge is 0.422 e. The van der Waals surface area contributed by atoms with Crippen molar-refractivity contribution in [3.63, 3.8) is 0 Å². The average molecular weight is 396 g/mol. The Kier molecular flexibility index (Phi) is 5.15. The third-order valence-corrected chi connectivity index (χ3v) is 3.66. The molecule has 0 fully saturated rings. The molecule has 0 spiro atoms. The summed E-state index contributed by atoms with van der Waals surface area (Å²) in [5, 5.41) is 0. The molecule has 0 aliphatic heterocycles. The van der Waals surface area contributed by atoms with Crippen LogP contribution in [0, 0.1) is 6.92 Å². The van der Waals surface area contributed by atoms with E-state index < -0.39 is 5.97 Å². The topological polar surface area (TPSA) is 26.3 Å². The fourth-order valence-corrected chi connectivity index (χ4v) is 3.20. The van der Waals surface area contributed by atoms with Crippen LogP contribution in [0.4, 0.5) is 0 Å². The van der Waals surface area contributed by atoms with Gasteiger partial charge in [0, 0.05) is 10.5 Å². The Morgan fingerprint density at radius 2 is 1.85 bits per heavy atom. The summed E-state index contributed by atoms with van der Waals surface area (Å²) in [4.78, 5) is 11.8. The monoisotopic (exact) mass is 394 g/mol. The molecular weight excluding hydrogens is 384 g/mol. The molecule has 20 heavy (non-hydrogen) atoms. The van der Waals surface area contributed by atoms with Crippen molar-refractivity contribution < 1.29 is 9.53 Å². The molecule has 0 heterocycles. The second-order valence-electron chi connectivity index (χ2n) is 4.20. The van der Waals surface area contributed by atoms with E-state index in [1.54, 1.807) is 6.08 Å². The summed E-state index contributed by atoms with van der Waals surface area (Å²) < 4.78 is 7.03. The molecule has 0 N–H and O–H groups in total. The first-order chi connectivity index (χ1) is 9.56. The molecule has 0 aromatic heterocycles. The van der Waals surface area contributed by atoms with Gasteiger partial charge in [-0.05, 0) is 52.2 Å². The number of esters is 1. The minimum Gasteiger partial charge on any atom is -0.422 e. The zero-order chi connectivity index (χ0) is 14.5. The summed E-state index contributed by atoms with van der Waals surface area (Å²) in [6, 6.07) is 13.3. The number of carbonyl (C=O) groups is 1. The smallest absolute Gasteiger partial charge is 0.336 e. The van der Waals surface area contributed by atoms with E-state index in [9.17, 15) is 4.79 Å². The van der Waals surface area contributed by atoms with E-state index in [1.807, 2.05) is 49.4 Å². The Labute approximate surface area is 134 Å². The summed E-state index contributed by atoms with van der Waals surface area (Å²) in [5.41, 5.74) is 1.84. The van der Waals surface area contributed by atoms with Crippen LogP contribution in [0.3, 0.4) is 0 Å². The molecule has 102 valence electrons. The van der Waals surface area contributed by atoms with Gasteiger partial charge in [-0.1, -0.05) is 46.3 Å². The van der Waals surface area contributed by atoms with Gasteiger partial charge in [-0.25, -0.2) is 4.79 Å². The van der Waals surface area contributed by atoms with Crippen molar-refractivity contribution in [2.24, 2.45) is 0 Å². The second-order valence-corrected chi connectivity index (χ2v) is 5.97. The van der Waals surface area contributed by atoms with E-state index >= 15 is 0 Å². The van der Waals surface area contributed by atoms with Crippen molar-refractivity contribution in [1.29, 1.82) is 0 Å². The summed E-state index contributed by atoms with van der Waals surface area (Å²) in [5.74, 6) is 0.135. The molecule has 0 aliphatic rings. The third kappa shape index (κ3) is 4.05. The maximum absolute atomic E-state index is 11.8. The summed E-state index contributed by atoms with van der Waals surface area (Å²) in [6.45, 7) is 1.89. The minimum atomic E-state index is -0.403. The fraction of sp³-hybridized carbons (Fsp3) is 0.0625. The van der Waals surface area contributed by atoms with Crippen molar-refractivity contribution in [3.05, 3.63) is 68.6 Å². The lowest BCUT2D eigenvalue weighted by atomic mass is 10.2. The quantitative estimate of drug-likeness (QED) is 0.408. The van der Waals surface area contributed by atoms with Crippen LogP contribution >= 0.6 is 31.9 Å². The van der Waals surface area contributed by atoms with Gasteiger partial charge in [-0.3, -0.25) is 0 Å². The molecule has 0 amide bonds. The lowest BCUT2D eigenvalue weighted by molar-refractivity contribution is -0.129. The first-order valence-electron chi connectivity index (χ1n) is 5.97. The number of halogens is 2. The van der Waals surface area contributed by atoms with Crippen LogP contribution in [-0.4, -0.2) is 5.97 Å². The highest BCUT2D eigenvalue weighted by Gasteiger charge is 2.10. The van der Waals surface area contributed by atoms with E-state index in [-0.39, 0.29) is 0 Å². The first kappa shape index (κ1) is 15.0. The predicted octanol–water partition coefficient (Wildman–Crippen LogP) is 5.14. The van der Waals surface area contributed by atoms with Crippen molar-refractivity contribution in [3.8, 4) is 5.75 Å². The Morgan fingerprint density at radius 3 is 2.50 bits per heavy atom. The molecule has 2 rings (SSSR count). The molecule has 0 radical (unpaired) electrons. The van der Waals surface area contributed by atoms with Crippen molar-refractivity contribution in [2.45, 2.75) is 6.92 Å². The maximum Gasteiger partial charge on any atom is 0.336 e. The van der Waals surface area contributed by atoms with Crippen molar-refractivity contribution >= 4 is 43.9 Å². The van der Waals surface area contributed by atoms with Gasteiger partial charge < -0.3 is 4.74 Å². The van der Waals surface area contributed by atoms with E-state index in [1.165, 1.54) is 6.08 Å². The lowest BCUT2D eigenvalue weighted by Gasteiger charge is -2.08. The number of hydrogen-bond donors (Lipinski definition) is 0. The number of rotatable bonds is 3. The van der Waals surface area contributed by atoms with Gasteiger partial charge in [-0.15, -0.1) is 0 Å². The van der Waals surface area contributed by atoms with E-state index in [0.29, 0.717) is 5.75 Å². The van der Waals surface area contributed by atoms with Gasteiger partial charge in [0.25, 0.3) is 0 Å². The van der Waals surface area contributed by atoms with Crippen LogP contribution in [0.5, 0.6) is 5.75 Å². The first-order valence-corrected chi connectivity index (χ1v) is 7.55. The molecule has 0 bridgehead atoms. The van der Waals surface area contributed by atoms with Crippen molar-refractivity contribution in [2.75, 3.05) is 0 Å². The molecule has 0 atom stereocenters. The molecule has 2 aromatic carbocycles. The van der Waals surface area contributed by atoms with E-state index in [0.717, 1.165) is 20.1 Å². The lowest BCUT2D eigenvalue weighted by Crippen LogP contribution is -2.05. The molecule has 2 nitrogen and oxygen atoms in total. The Hall–Kier alpha value is -1.39. The van der Waals surface area contributed by atoms with Gasteiger partial charge in [-0.2, -0.15) is 0 Å². The Morgan fingerprint density at radius 1 is 1.15 bits per heavy atom. The minimum absolute atomic E-state index is 0.403. The maximum atomic E-state index is 11.8. The van der Waals surface area contributed by atoms with E-state index in [2.05, 4.69) is 31.9 Å². The second kappa shape index (κ2) is 6.86. The van der Waals surface area contributed by atoms with Gasteiger partial charge in [0.15, 0.2) is 0 Å². The number of ether oxygens (including phenoxy) is 1. The summed E-state index contributed by atoms with van der Waals surface area (Å²) >= 11 is 6.78. The van der Waals surface area contributed by atoms with Gasteiger partial charge in [0.1, 0.15) is 5.75 Å². The number of hydrogen-bond acceptors (Lipinski definition) is 2. The average Bonchev–Trinajstić information content (AvgIpc) is 2.42. The molecule has 0 aliphatic carbocycles. The van der Waals surface area contributed by atoms with Crippen LogP contribution < -0.4 is 4.74 Å². The molecule has 4 heteroatoms. The standard InChI is InChI=1S/C16H12Br2O2/c1-11-9-13(17)10-14(18)16(11)20-15(19)8-7-12-5-3-2-4-6-12/h2-10H,1H3/b8-7+. The van der Waals surface area contributed by atoms with Gasteiger partial charge in [0.2, 0.25) is 0 Å². The molecule has 0 unspecified atom stereocenters. The van der Waals surface area contributed by atoms with Crippen LogP contribution in [0.15, 0.2) is 57.5 Å². The predicted molar refractivity (Wildman–Crippen MR) is 87.7 cm³/mol. The highest BCUT2D eigenvalue weighted by Crippen LogP contribution is 2.32.